The monoisotopic (exact) mass is 227 g/mol. The molecule has 0 spiro atoms. The minimum Gasteiger partial charge on any atom is -0.389 e. The Balaban J connectivity index is 2.23. The third-order valence-electron chi connectivity index (χ3n) is 4.89. The molecule has 0 aromatic carbocycles. The predicted octanol–water partition coefficient (Wildman–Crippen LogP) is 1.68. The summed E-state index contributed by atoms with van der Waals surface area (Å²) in [5, 5.41) is 11.1. The molecule has 1 aliphatic carbocycles. The first kappa shape index (κ1) is 12.3. The molecule has 0 radical (unpaired) electrons. The van der Waals surface area contributed by atoms with Gasteiger partial charge in [0.2, 0.25) is 0 Å². The lowest BCUT2D eigenvalue weighted by atomic mass is 9.58. The molecule has 0 aromatic rings. The molecule has 3 N–H and O–H groups in total. The van der Waals surface area contributed by atoms with Gasteiger partial charge in [-0.2, -0.15) is 0 Å². The standard InChI is InChI=1S/C13H25NO2/c1-11-5-2-3-7-13(11,15)12(9-14)6-4-8-16-10-12/h11,15H,2-10,14H2,1H3. The molecule has 1 aliphatic heterocycles. The quantitative estimate of drug-likeness (QED) is 0.754. The van der Waals surface area contributed by atoms with Gasteiger partial charge in [-0.05, 0) is 31.6 Å². The molecule has 3 nitrogen and oxygen atoms in total. The van der Waals surface area contributed by atoms with Crippen LogP contribution < -0.4 is 5.73 Å². The van der Waals surface area contributed by atoms with Crippen molar-refractivity contribution in [1.82, 2.24) is 0 Å². The molecule has 2 rings (SSSR count). The van der Waals surface area contributed by atoms with Gasteiger partial charge in [-0.1, -0.05) is 19.8 Å². The summed E-state index contributed by atoms with van der Waals surface area (Å²) in [5.74, 6) is 0.353. The van der Waals surface area contributed by atoms with E-state index in [4.69, 9.17) is 10.5 Å². The van der Waals surface area contributed by atoms with Gasteiger partial charge in [0.05, 0.1) is 12.2 Å². The van der Waals surface area contributed by atoms with E-state index in [9.17, 15) is 5.11 Å². The fraction of sp³-hybridized carbons (Fsp3) is 1.00. The van der Waals surface area contributed by atoms with Crippen LogP contribution >= 0.6 is 0 Å². The Morgan fingerprint density at radius 2 is 2.12 bits per heavy atom. The van der Waals surface area contributed by atoms with Gasteiger partial charge in [0.15, 0.2) is 0 Å². The van der Waals surface area contributed by atoms with Crippen molar-refractivity contribution in [2.45, 2.75) is 51.0 Å². The molecule has 3 heteroatoms. The lowest BCUT2D eigenvalue weighted by Crippen LogP contribution is -2.61. The van der Waals surface area contributed by atoms with Crippen LogP contribution in [0.3, 0.4) is 0 Å². The van der Waals surface area contributed by atoms with Crippen LogP contribution in [0, 0.1) is 11.3 Å². The summed E-state index contributed by atoms with van der Waals surface area (Å²) in [5.41, 5.74) is 5.19. The maximum atomic E-state index is 11.1. The SMILES string of the molecule is CC1CCCCC1(O)C1(CN)CCCOC1. The van der Waals surface area contributed by atoms with E-state index in [-0.39, 0.29) is 5.41 Å². The van der Waals surface area contributed by atoms with Crippen LogP contribution in [0.2, 0.25) is 0 Å². The molecular formula is C13H25NO2. The van der Waals surface area contributed by atoms with Gasteiger partial charge in [-0.25, -0.2) is 0 Å². The summed E-state index contributed by atoms with van der Waals surface area (Å²) in [6.45, 7) is 4.19. The van der Waals surface area contributed by atoms with Crippen molar-refractivity contribution in [3.63, 3.8) is 0 Å². The zero-order valence-electron chi connectivity index (χ0n) is 10.4. The molecular weight excluding hydrogens is 202 g/mol. The molecule has 2 aliphatic rings. The normalized spacial score (nSPS) is 45.6. The van der Waals surface area contributed by atoms with Crippen LogP contribution in [0.1, 0.15) is 45.4 Å². The fourth-order valence-corrected chi connectivity index (χ4v) is 3.65. The first-order valence-electron chi connectivity index (χ1n) is 6.65. The van der Waals surface area contributed by atoms with E-state index in [2.05, 4.69) is 6.92 Å². The molecule has 16 heavy (non-hydrogen) atoms. The third kappa shape index (κ3) is 1.79. The Morgan fingerprint density at radius 3 is 2.69 bits per heavy atom. The summed E-state index contributed by atoms with van der Waals surface area (Å²) in [4.78, 5) is 0. The smallest absolute Gasteiger partial charge is 0.0763 e. The maximum Gasteiger partial charge on any atom is 0.0763 e. The molecule has 1 saturated carbocycles. The highest BCUT2D eigenvalue weighted by molar-refractivity contribution is 5.04. The number of ether oxygens (including phenoxy) is 1. The minimum absolute atomic E-state index is 0.189. The summed E-state index contributed by atoms with van der Waals surface area (Å²) >= 11 is 0. The zero-order valence-corrected chi connectivity index (χ0v) is 10.4. The average molecular weight is 227 g/mol. The van der Waals surface area contributed by atoms with Crippen LogP contribution in [0.4, 0.5) is 0 Å². The summed E-state index contributed by atoms with van der Waals surface area (Å²) in [6.07, 6.45) is 6.44. The molecule has 3 unspecified atom stereocenters. The van der Waals surface area contributed by atoms with Gasteiger partial charge in [0.1, 0.15) is 0 Å². The lowest BCUT2D eigenvalue weighted by molar-refractivity contribution is -0.183. The van der Waals surface area contributed by atoms with E-state index in [1.54, 1.807) is 0 Å². The van der Waals surface area contributed by atoms with Crippen molar-refractivity contribution >= 4 is 0 Å². The Labute approximate surface area is 98.4 Å². The molecule has 0 amide bonds. The molecule has 3 atom stereocenters. The summed E-state index contributed by atoms with van der Waals surface area (Å²) in [7, 11) is 0. The van der Waals surface area contributed by atoms with Crippen molar-refractivity contribution < 1.29 is 9.84 Å². The fourth-order valence-electron chi connectivity index (χ4n) is 3.65. The third-order valence-corrected chi connectivity index (χ3v) is 4.89. The number of nitrogens with two attached hydrogens (primary N) is 1. The largest absolute Gasteiger partial charge is 0.389 e. The first-order chi connectivity index (χ1) is 7.65. The lowest BCUT2D eigenvalue weighted by Gasteiger charge is -2.53. The second-order valence-electron chi connectivity index (χ2n) is 5.71. The van der Waals surface area contributed by atoms with E-state index in [1.807, 2.05) is 0 Å². The number of hydrogen-bond donors (Lipinski definition) is 2. The van der Waals surface area contributed by atoms with E-state index in [1.165, 1.54) is 6.42 Å². The highest BCUT2D eigenvalue weighted by Crippen LogP contribution is 2.49. The van der Waals surface area contributed by atoms with E-state index >= 15 is 0 Å². The number of aliphatic hydroxyl groups is 1. The van der Waals surface area contributed by atoms with Gasteiger partial charge in [0.25, 0.3) is 0 Å². The minimum atomic E-state index is -0.597. The van der Waals surface area contributed by atoms with E-state index < -0.39 is 5.60 Å². The van der Waals surface area contributed by atoms with Crippen molar-refractivity contribution in [1.29, 1.82) is 0 Å². The Hall–Kier alpha value is -0.120. The Morgan fingerprint density at radius 1 is 1.31 bits per heavy atom. The van der Waals surface area contributed by atoms with Crippen LogP contribution in [0.25, 0.3) is 0 Å². The van der Waals surface area contributed by atoms with Crippen molar-refractivity contribution in [3.05, 3.63) is 0 Å². The van der Waals surface area contributed by atoms with E-state index in [0.29, 0.717) is 19.1 Å². The predicted molar refractivity (Wildman–Crippen MR) is 64.1 cm³/mol. The summed E-state index contributed by atoms with van der Waals surface area (Å²) in [6, 6.07) is 0. The first-order valence-corrected chi connectivity index (χ1v) is 6.65. The second-order valence-corrected chi connectivity index (χ2v) is 5.71. The highest BCUT2D eigenvalue weighted by atomic mass is 16.5. The topological polar surface area (TPSA) is 55.5 Å². The average Bonchev–Trinajstić information content (AvgIpc) is 2.34. The maximum absolute atomic E-state index is 11.1. The molecule has 2 fully saturated rings. The van der Waals surface area contributed by atoms with Crippen LogP contribution in [-0.4, -0.2) is 30.5 Å². The molecule has 0 aromatic heterocycles. The van der Waals surface area contributed by atoms with Gasteiger partial charge >= 0.3 is 0 Å². The van der Waals surface area contributed by atoms with Crippen molar-refractivity contribution in [2.24, 2.45) is 17.1 Å². The van der Waals surface area contributed by atoms with Gasteiger partial charge in [-0.15, -0.1) is 0 Å². The Bertz CT molecular complexity index is 233. The summed E-state index contributed by atoms with van der Waals surface area (Å²) < 4.78 is 5.60. The number of rotatable bonds is 2. The second kappa shape index (κ2) is 4.63. The van der Waals surface area contributed by atoms with Gasteiger partial charge < -0.3 is 15.6 Å². The molecule has 1 saturated heterocycles. The zero-order chi connectivity index (χ0) is 11.6. The van der Waals surface area contributed by atoms with Crippen LogP contribution in [0.15, 0.2) is 0 Å². The Kier molecular flexibility index (Phi) is 3.57. The van der Waals surface area contributed by atoms with Crippen LogP contribution in [-0.2, 0) is 4.74 Å². The molecule has 0 bridgehead atoms. The van der Waals surface area contributed by atoms with Crippen LogP contribution in [0.5, 0.6) is 0 Å². The number of hydrogen-bond acceptors (Lipinski definition) is 3. The van der Waals surface area contributed by atoms with E-state index in [0.717, 1.165) is 38.7 Å². The molecule has 94 valence electrons. The van der Waals surface area contributed by atoms with Gasteiger partial charge in [-0.3, -0.25) is 0 Å². The highest BCUT2D eigenvalue weighted by Gasteiger charge is 2.53. The van der Waals surface area contributed by atoms with Gasteiger partial charge in [0, 0.05) is 18.6 Å². The molecule has 1 heterocycles. The van der Waals surface area contributed by atoms with Crippen molar-refractivity contribution in [3.8, 4) is 0 Å². The van der Waals surface area contributed by atoms with Crippen molar-refractivity contribution in [2.75, 3.05) is 19.8 Å².